The van der Waals surface area contributed by atoms with Crippen LogP contribution in [0.4, 0.5) is 0 Å². The van der Waals surface area contributed by atoms with Crippen molar-refractivity contribution >= 4 is 0 Å². The predicted molar refractivity (Wildman–Crippen MR) is 88.6 cm³/mol. The molecule has 1 N–H and O–H groups in total. The molecular weight excluding hydrogens is 258 g/mol. The minimum Gasteiger partial charge on any atom is -0.311 e. The number of nitrogens with zero attached hydrogens (tertiary/aromatic N) is 2. The molecule has 0 saturated carbocycles. The van der Waals surface area contributed by atoms with Gasteiger partial charge >= 0.3 is 0 Å². The number of hydrogen-bond donors (Lipinski definition) is 1. The van der Waals surface area contributed by atoms with Crippen LogP contribution in [0.1, 0.15) is 49.3 Å². The van der Waals surface area contributed by atoms with Crippen molar-refractivity contribution in [3.05, 3.63) is 52.8 Å². The van der Waals surface area contributed by atoms with Gasteiger partial charge in [0.25, 0.3) is 0 Å². The van der Waals surface area contributed by atoms with E-state index in [2.05, 4.69) is 66.2 Å². The summed E-state index contributed by atoms with van der Waals surface area (Å²) in [5.74, 6) is 0. The number of hydrogen-bond acceptors (Lipinski definition) is 2. The third-order valence-electron chi connectivity index (χ3n) is 4.10. The van der Waals surface area contributed by atoms with Crippen LogP contribution in [0.5, 0.6) is 0 Å². The minimum atomic E-state index is 0.310. The van der Waals surface area contributed by atoms with E-state index >= 15 is 0 Å². The molecule has 21 heavy (non-hydrogen) atoms. The summed E-state index contributed by atoms with van der Waals surface area (Å²) in [6.07, 6.45) is 3.08. The van der Waals surface area contributed by atoms with Gasteiger partial charge in [-0.1, -0.05) is 38.1 Å². The largest absolute Gasteiger partial charge is 0.311 e. The molecule has 1 aromatic heterocycles. The molecule has 2 aromatic rings. The van der Waals surface area contributed by atoms with Gasteiger partial charge in [0.2, 0.25) is 0 Å². The smallest absolute Gasteiger partial charge is 0.0625 e. The van der Waals surface area contributed by atoms with E-state index < -0.39 is 0 Å². The SMILES string of the molecule is CCc1ccc(CC(NC)c2cc(CC)nn2CC)cc1. The van der Waals surface area contributed by atoms with Crippen molar-refractivity contribution < 1.29 is 0 Å². The Balaban J connectivity index is 2.20. The molecule has 0 aliphatic heterocycles. The van der Waals surface area contributed by atoms with Crippen LogP contribution in [0.3, 0.4) is 0 Å². The van der Waals surface area contributed by atoms with Crippen LogP contribution in [0.2, 0.25) is 0 Å². The van der Waals surface area contributed by atoms with Crippen molar-refractivity contribution in [1.82, 2.24) is 15.1 Å². The van der Waals surface area contributed by atoms with Crippen molar-refractivity contribution in [3.8, 4) is 0 Å². The molecule has 114 valence electrons. The average Bonchev–Trinajstić information content (AvgIpc) is 2.96. The first kappa shape index (κ1) is 15.8. The van der Waals surface area contributed by atoms with Crippen molar-refractivity contribution in [3.63, 3.8) is 0 Å². The highest BCUT2D eigenvalue weighted by atomic mass is 15.3. The van der Waals surface area contributed by atoms with Gasteiger partial charge < -0.3 is 5.32 Å². The Morgan fingerprint density at radius 1 is 1.05 bits per heavy atom. The first-order valence-corrected chi connectivity index (χ1v) is 8.03. The maximum atomic E-state index is 4.66. The third kappa shape index (κ3) is 3.73. The van der Waals surface area contributed by atoms with Crippen LogP contribution in [0, 0.1) is 0 Å². The van der Waals surface area contributed by atoms with Gasteiger partial charge in [0.1, 0.15) is 0 Å². The Bertz CT molecular complexity index is 554. The van der Waals surface area contributed by atoms with E-state index in [0.717, 1.165) is 25.8 Å². The molecule has 0 saturated heterocycles. The molecule has 1 unspecified atom stereocenters. The summed E-state index contributed by atoms with van der Waals surface area (Å²) in [6.45, 7) is 7.42. The van der Waals surface area contributed by atoms with E-state index in [1.54, 1.807) is 0 Å². The third-order valence-corrected chi connectivity index (χ3v) is 4.10. The molecule has 0 radical (unpaired) electrons. The maximum Gasteiger partial charge on any atom is 0.0625 e. The van der Waals surface area contributed by atoms with Gasteiger partial charge in [0.15, 0.2) is 0 Å². The van der Waals surface area contributed by atoms with E-state index in [0.29, 0.717) is 6.04 Å². The second kappa shape index (κ2) is 7.41. The zero-order valence-corrected chi connectivity index (χ0v) is 13.7. The van der Waals surface area contributed by atoms with Crippen LogP contribution in [-0.2, 0) is 25.8 Å². The monoisotopic (exact) mass is 285 g/mol. The van der Waals surface area contributed by atoms with Crippen LogP contribution in [-0.4, -0.2) is 16.8 Å². The maximum absolute atomic E-state index is 4.66. The molecule has 0 spiro atoms. The number of likely N-dealkylation sites (N-methyl/N-ethyl adjacent to an activating group) is 1. The minimum absolute atomic E-state index is 0.310. The van der Waals surface area contributed by atoms with Gasteiger partial charge in [-0.25, -0.2) is 0 Å². The Labute approximate surface area is 128 Å². The van der Waals surface area contributed by atoms with Crippen molar-refractivity contribution in [2.24, 2.45) is 0 Å². The van der Waals surface area contributed by atoms with E-state index in [4.69, 9.17) is 0 Å². The summed E-state index contributed by atoms with van der Waals surface area (Å²) in [4.78, 5) is 0. The van der Waals surface area contributed by atoms with Crippen LogP contribution in [0.25, 0.3) is 0 Å². The van der Waals surface area contributed by atoms with Crippen LogP contribution >= 0.6 is 0 Å². The highest BCUT2D eigenvalue weighted by Gasteiger charge is 2.16. The van der Waals surface area contributed by atoms with E-state index in [1.807, 2.05) is 7.05 Å². The first-order chi connectivity index (χ1) is 10.2. The Morgan fingerprint density at radius 3 is 2.24 bits per heavy atom. The highest BCUT2D eigenvalue weighted by Crippen LogP contribution is 2.20. The standard InChI is InChI=1S/C18H27N3/c1-5-14-8-10-15(11-9-14)12-17(19-4)18-13-16(6-2)20-21(18)7-3/h8-11,13,17,19H,5-7,12H2,1-4H3. The Hall–Kier alpha value is -1.61. The fourth-order valence-electron chi connectivity index (χ4n) is 2.69. The molecule has 1 atom stereocenters. The molecule has 0 aliphatic rings. The summed E-state index contributed by atoms with van der Waals surface area (Å²) in [7, 11) is 2.03. The molecule has 0 fully saturated rings. The fraction of sp³-hybridized carbons (Fsp3) is 0.500. The number of rotatable bonds is 7. The second-order valence-electron chi connectivity index (χ2n) is 5.45. The second-order valence-corrected chi connectivity index (χ2v) is 5.45. The fourth-order valence-corrected chi connectivity index (χ4v) is 2.69. The van der Waals surface area contributed by atoms with Crippen molar-refractivity contribution in [2.45, 2.75) is 52.6 Å². The molecule has 2 rings (SSSR count). The molecule has 3 heteroatoms. The summed E-state index contributed by atoms with van der Waals surface area (Å²) >= 11 is 0. The zero-order valence-electron chi connectivity index (χ0n) is 13.7. The number of benzene rings is 1. The summed E-state index contributed by atoms with van der Waals surface area (Å²) in [5, 5.41) is 8.11. The molecule has 0 bridgehead atoms. The van der Waals surface area contributed by atoms with E-state index in [-0.39, 0.29) is 0 Å². The van der Waals surface area contributed by atoms with Crippen molar-refractivity contribution in [2.75, 3.05) is 7.05 Å². The number of aromatic nitrogens is 2. The van der Waals surface area contributed by atoms with Gasteiger partial charge in [-0.3, -0.25) is 4.68 Å². The number of nitrogens with one attached hydrogen (secondary N) is 1. The van der Waals surface area contributed by atoms with Crippen LogP contribution in [0.15, 0.2) is 30.3 Å². The van der Waals surface area contributed by atoms with Gasteiger partial charge in [0.05, 0.1) is 17.4 Å². The van der Waals surface area contributed by atoms with Gasteiger partial charge in [-0.2, -0.15) is 5.10 Å². The summed E-state index contributed by atoms with van der Waals surface area (Å²) in [5.41, 5.74) is 5.23. The summed E-state index contributed by atoms with van der Waals surface area (Å²) in [6, 6.07) is 11.5. The molecular formula is C18H27N3. The Kier molecular flexibility index (Phi) is 5.57. The highest BCUT2D eigenvalue weighted by molar-refractivity contribution is 5.25. The lowest BCUT2D eigenvalue weighted by Gasteiger charge is -2.17. The lowest BCUT2D eigenvalue weighted by molar-refractivity contribution is 0.512. The number of aryl methyl sites for hydroxylation is 3. The van der Waals surface area contributed by atoms with Gasteiger partial charge in [-0.15, -0.1) is 0 Å². The van der Waals surface area contributed by atoms with Gasteiger partial charge in [0, 0.05) is 6.54 Å². The van der Waals surface area contributed by atoms with Crippen LogP contribution < -0.4 is 5.32 Å². The predicted octanol–water partition coefficient (Wildman–Crippen LogP) is 3.53. The summed E-state index contributed by atoms with van der Waals surface area (Å²) < 4.78 is 2.13. The topological polar surface area (TPSA) is 29.9 Å². The quantitative estimate of drug-likeness (QED) is 0.843. The van der Waals surface area contributed by atoms with Gasteiger partial charge in [-0.05, 0) is 50.4 Å². The first-order valence-electron chi connectivity index (χ1n) is 8.03. The lowest BCUT2D eigenvalue weighted by Crippen LogP contribution is -2.22. The van der Waals surface area contributed by atoms with Crippen molar-refractivity contribution in [1.29, 1.82) is 0 Å². The molecule has 0 amide bonds. The van der Waals surface area contributed by atoms with E-state index in [9.17, 15) is 0 Å². The molecule has 0 aliphatic carbocycles. The average molecular weight is 285 g/mol. The normalized spacial score (nSPS) is 12.6. The molecule has 1 heterocycles. The molecule has 1 aromatic carbocycles. The zero-order chi connectivity index (χ0) is 15.2. The molecule has 3 nitrogen and oxygen atoms in total. The van der Waals surface area contributed by atoms with E-state index in [1.165, 1.54) is 22.5 Å². The lowest BCUT2D eigenvalue weighted by atomic mass is 10.0. The Morgan fingerprint density at radius 2 is 1.71 bits per heavy atom.